The van der Waals surface area contributed by atoms with Gasteiger partial charge in [0.1, 0.15) is 6.10 Å². The maximum Gasteiger partial charge on any atom is 0.302 e. The number of rotatable bonds is 4. The summed E-state index contributed by atoms with van der Waals surface area (Å²) >= 11 is 0. The first-order chi connectivity index (χ1) is 19.4. The van der Waals surface area contributed by atoms with Crippen molar-refractivity contribution in [2.45, 2.75) is 125 Å². The summed E-state index contributed by atoms with van der Waals surface area (Å²) in [6.07, 6.45) is 18.2. The fourth-order valence-electron chi connectivity index (χ4n) is 11.7. The summed E-state index contributed by atoms with van der Waals surface area (Å²) in [4.78, 5) is 25.7. The predicted molar refractivity (Wildman–Crippen MR) is 163 cm³/mol. The Kier molecular flexibility index (Phi) is 8.33. The summed E-state index contributed by atoms with van der Waals surface area (Å²) in [5.74, 6) is 3.41. The molecule has 1 aromatic heterocycles. The predicted octanol–water partition coefficient (Wildman–Crippen LogP) is 8.49. The minimum absolute atomic E-state index is 0.0110. The van der Waals surface area contributed by atoms with Gasteiger partial charge in [-0.3, -0.25) is 9.59 Å². The van der Waals surface area contributed by atoms with Gasteiger partial charge in [0.15, 0.2) is 0 Å². The van der Waals surface area contributed by atoms with Crippen molar-refractivity contribution >= 4 is 11.9 Å². The average Bonchev–Trinajstić information content (AvgIpc) is 3.60. The maximum atomic E-state index is 13.8. The van der Waals surface area contributed by atoms with Gasteiger partial charge in [0, 0.05) is 24.4 Å². The van der Waals surface area contributed by atoms with E-state index in [1.165, 1.54) is 51.4 Å². The van der Waals surface area contributed by atoms with Crippen molar-refractivity contribution in [3.63, 3.8) is 0 Å². The molecule has 41 heavy (non-hydrogen) atoms. The van der Waals surface area contributed by atoms with E-state index in [1.54, 1.807) is 25.5 Å². The second-order valence-electron chi connectivity index (χ2n) is 15.4. The molecule has 0 aromatic carbocycles. The Bertz CT molecular complexity index is 1110. The third kappa shape index (κ3) is 4.91. The highest BCUT2D eigenvalue weighted by Gasteiger charge is 2.67. The molecule has 9 atom stereocenters. The third-order valence-corrected chi connectivity index (χ3v) is 13.2. The summed E-state index contributed by atoms with van der Waals surface area (Å²) in [6, 6.07) is 1.95. The number of hydrogen-bond donors (Lipinski definition) is 1. The Morgan fingerprint density at radius 1 is 0.976 bits per heavy atom. The monoisotopic (exact) mass is 565 g/mol. The van der Waals surface area contributed by atoms with Crippen molar-refractivity contribution in [2.24, 2.45) is 51.2 Å². The molecule has 1 heterocycles. The highest BCUT2D eigenvalue weighted by molar-refractivity contribution is 5.83. The Morgan fingerprint density at radius 2 is 1.71 bits per heavy atom. The molecule has 1 amide bonds. The van der Waals surface area contributed by atoms with Gasteiger partial charge in [-0.05, 0) is 118 Å². The smallest absolute Gasteiger partial charge is 0.302 e. The van der Waals surface area contributed by atoms with E-state index in [4.69, 9.17) is 9.15 Å². The minimum Gasteiger partial charge on any atom is -0.472 e. The van der Waals surface area contributed by atoms with Crippen molar-refractivity contribution in [3.8, 4) is 0 Å². The van der Waals surface area contributed by atoms with Crippen molar-refractivity contribution in [1.29, 1.82) is 0 Å². The minimum atomic E-state index is -0.167. The van der Waals surface area contributed by atoms with Gasteiger partial charge in [-0.2, -0.15) is 0 Å². The highest BCUT2D eigenvalue weighted by atomic mass is 16.5. The van der Waals surface area contributed by atoms with Crippen molar-refractivity contribution < 1.29 is 18.7 Å². The Labute approximate surface area is 248 Å². The van der Waals surface area contributed by atoms with Crippen LogP contribution in [0.5, 0.6) is 0 Å². The lowest BCUT2D eigenvalue weighted by atomic mass is 9.36. The number of amides is 1. The first kappa shape index (κ1) is 30.4. The van der Waals surface area contributed by atoms with Crippen LogP contribution in [-0.2, 0) is 20.9 Å². The highest BCUT2D eigenvalue weighted by Crippen LogP contribution is 2.73. The summed E-state index contributed by atoms with van der Waals surface area (Å²) in [6.45, 7) is 17.4. The topological polar surface area (TPSA) is 68.5 Å². The molecule has 5 heteroatoms. The van der Waals surface area contributed by atoms with E-state index in [0.29, 0.717) is 41.0 Å². The second-order valence-corrected chi connectivity index (χ2v) is 15.4. The van der Waals surface area contributed by atoms with Gasteiger partial charge in [-0.25, -0.2) is 0 Å². The number of hydrogen-bond acceptors (Lipinski definition) is 4. The Morgan fingerprint density at radius 3 is 2.39 bits per heavy atom. The number of allylic oxidation sites excluding steroid dienone is 1. The van der Waals surface area contributed by atoms with Crippen molar-refractivity contribution in [3.05, 3.63) is 36.8 Å². The van der Waals surface area contributed by atoms with Gasteiger partial charge in [-0.1, -0.05) is 40.2 Å². The van der Waals surface area contributed by atoms with E-state index in [-0.39, 0.29) is 22.9 Å². The van der Waals surface area contributed by atoms with Crippen LogP contribution >= 0.6 is 0 Å². The molecule has 0 bridgehead atoms. The Hall–Kier alpha value is -2.04. The zero-order valence-electron chi connectivity index (χ0n) is 26.6. The fourth-order valence-corrected chi connectivity index (χ4v) is 11.7. The molecular weight excluding hydrogens is 510 g/mol. The molecule has 1 N–H and O–H groups in total. The molecule has 0 aliphatic heterocycles. The van der Waals surface area contributed by atoms with Crippen LogP contribution in [0.15, 0.2) is 35.7 Å². The van der Waals surface area contributed by atoms with Crippen molar-refractivity contribution in [1.82, 2.24) is 5.32 Å². The first-order valence-electron chi connectivity index (χ1n) is 16.5. The van der Waals surface area contributed by atoms with Crippen LogP contribution < -0.4 is 5.32 Å². The lowest BCUT2D eigenvalue weighted by molar-refractivity contribution is -0.220. The molecule has 0 saturated heterocycles. The second kappa shape index (κ2) is 11.2. The van der Waals surface area contributed by atoms with Gasteiger partial charge < -0.3 is 14.5 Å². The van der Waals surface area contributed by atoms with Crippen LogP contribution in [0.2, 0.25) is 0 Å². The molecule has 0 radical (unpaired) electrons. The molecule has 5 saturated carbocycles. The Balaban J connectivity index is 0.00000108. The van der Waals surface area contributed by atoms with E-state index in [9.17, 15) is 9.59 Å². The van der Waals surface area contributed by atoms with Gasteiger partial charge in [0.05, 0.1) is 17.9 Å². The standard InChI is InChI=1S/C33H49NO4.C3H6/c1-21(35)38-28-12-16-32(5)26(30(28,2)3)11-15-31(4)24-10-17-33(29(36)34-19-22-13-18-37-20-22)14-6-7-25(33)23(24)8-9-27(31)32;1-3-2/h13,18,20,23-28H,6-12,14-17,19H2,1-5H3,(H,34,36);3H,1H2,2H3. The first-order valence-corrected chi connectivity index (χ1v) is 16.5. The lowest BCUT2D eigenvalue weighted by Gasteiger charge is -2.69. The van der Waals surface area contributed by atoms with Crippen LogP contribution in [0.1, 0.15) is 118 Å². The van der Waals surface area contributed by atoms with Crippen molar-refractivity contribution in [2.75, 3.05) is 0 Å². The van der Waals surface area contributed by atoms with Crippen LogP contribution in [0.25, 0.3) is 0 Å². The molecule has 5 nitrogen and oxygen atoms in total. The summed E-state index contributed by atoms with van der Waals surface area (Å²) in [5.41, 5.74) is 1.53. The quantitative estimate of drug-likeness (QED) is 0.294. The molecule has 0 spiro atoms. The number of fused-ring (bicyclic) bond motifs is 7. The van der Waals surface area contributed by atoms with Crippen LogP contribution in [0.4, 0.5) is 0 Å². The van der Waals surface area contributed by atoms with Gasteiger partial charge >= 0.3 is 5.97 Å². The number of carbonyl (C=O) groups is 2. The van der Waals surface area contributed by atoms with E-state index in [2.05, 4.69) is 39.6 Å². The van der Waals surface area contributed by atoms with Crippen LogP contribution in [0.3, 0.4) is 0 Å². The number of esters is 1. The summed E-state index contributed by atoms with van der Waals surface area (Å²) < 4.78 is 11.1. The van der Waals surface area contributed by atoms with Gasteiger partial charge in [-0.15, -0.1) is 6.58 Å². The third-order valence-electron chi connectivity index (χ3n) is 13.2. The zero-order valence-corrected chi connectivity index (χ0v) is 26.6. The number of ether oxygens (including phenoxy) is 1. The molecule has 5 aliphatic carbocycles. The van der Waals surface area contributed by atoms with E-state index in [0.717, 1.165) is 36.7 Å². The van der Waals surface area contributed by atoms with Crippen LogP contribution in [0, 0.1) is 51.2 Å². The molecule has 5 aliphatic rings. The van der Waals surface area contributed by atoms with Gasteiger partial charge in [0.25, 0.3) is 0 Å². The van der Waals surface area contributed by atoms with Gasteiger partial charge in [0.2, 0.25) is 5.91 Å². The fraction of sp³-hybridized carbons (Fsp3) is 0.778. The van der Waals surface area contributed by atoms with Crippen LogP contribution in [-0.4, -0.2) is 18.0 Å². The SMILES string of the molecule is C=CC.CC(=O)OC1CCC2(C)C(CCC3(C)C4CCC5(C(=O)NCc6ccoc6)CCCC5C4CCC32)C1(C)C. The molecular formula is C36H55NO4. The maximum absolute atomic E-state index is 13.8. The van der Waals surface area contributed by atoms with E-state index < -0.39 is 0 Å². The largest absolute Gasteiger partial charge is 0.472 e. The number of furan rings is 1. The van der Waals surface area contributed by atoms with E-state index >= 15 is 0 Å². The summed E-state index contributed by atoms with van der Waals surface area (Å²) in [5, 5.41) is 3.31. The zero-order chi connectivity index (χ0) is 29.6. The summed E-state index contributed by atoms with van der Waals surface area (Å²) in [7, 11) is 0. The molecule has 1 aromatic rings. The molecule has 9 unspecified atom stereocenters. The average molecular weight is 566 g/mol. The normalized spacial score (nSPS) is 42.2. The van der Waals surface area contributed by atoms with E-state index in [1.807, 2.05) is 13.0 Å². The molecule has 6 rings (SSSR count). The lowest BCUT2D eigenvalue weighted by Crippen LogP contribution is -2.64. The molecule has 228 valence electrons. The number of carbonyl (C=O) groups excluding carboxylic acids is 2. The molecule has 5 fully saturated rings. The number of nitrogens with one attached hydrogen (secondary N) is 1.